The molecular formula is C31H26N2O4. The summed E-state index contributed by atoms with van der Waals surface area (Å²) >= 11 is 0. The highest BCUT2D eigenvalue weighted by atomic mass is 16.3. The smallest absolute Gasteiger partial charge is 0.248 e. The van der Waals surface area contributed by atoms with Crippen molar-refractivity contribution in [3.63, 3.8) is 0 Å². The number of benzene rings is 4. The standard InChI is InChI=1S/C31H26N2O4/c34-28-20-24(11-15-26(28)32-30(36)17-13-22-7-3-1-4-8-22)19-25-12-16-27(29(35)21-25)33-31(37)18-14-23-9-5-2-6-10-23/h1-18,20-21,34-35H,19H2,(H,32,36)(H,33,37)/b17-13-,18-14-. The van der Waals surface area contributed by atoms with Gasteiger partial charge in [-0.25, -0.2) is 0 Å². The number of amides is 2. The Balaban J connectivity index is 1.35. The normalized spacial score (nSPS) is 11.0. The molecule has 4 rings (SSSR count). The zero-order valence-electron chi connectivity index (χ0n) is 20.0. The Morgan fingerprint density at radius 3 is 1.38 bits per heavy atom. The number of aromatic hydroxyl groups is 2. The largest absolute Gasteiger partial charge is 0.506 e. The minimum absolute atomic E-state index is 0.0581. The fourth-order valence-corrected chi connectivity index (χ4v) is 3.64. The van der Waals surface area contributed by atoms with E-state index in [2.05, 4.69) is 10.6 Å². The molecule has 0 unspecified atom stereocenters. The van der Waals surface area contributed by atoms with Crippen molar-refractivity contribution in [3.8, 4) is 11.5 Å². The fraction of sp³-hybridized carbons (Fsp3) is 0.0323. The summed E-state index contributed by atoms with van der Waals surface area (Å²) < 4.78 is 0. The number of carbonyl (C=O) groups is 2. The van der Waals surface area contributed by atoms with E-state index < -0.39 is 0 Å². The molecule has 0 radical (unpaired) electrons. The molecule has 4 aromatic carbocycles. The van der Waals surface area contributed by atoms with Crippen LogP contribution >= 0.6 is 0 Å². The molecule has 4 N–H and O–H groups in total. The zero-order chi connectivity index (χ0) is 26.0. The first kappa shape index (κ1) is 25.0. The van der Waals surface area contributed by atoms with Crippen LogP contribution < -0.4 is 10.6 Å². The van der Waals surface area contributed by atoms with Gasteiger partial charge in [0.15, 0.2) is 0 Å². The molecule has 0 aliphatic rings. The van der Waals surface area contributed by atoms with Gasteiger partial charge in [0.2, 0.25) is 11.8 Å². The number of hydrogen-bond acceptors (Lipinski definition) is 4. The Morgan fingerprint density at radius 2 is 1.00 bits per heavy atom. The summed E-state index contributed by atoms with van der Waals surface area (Å²) in [5.74, 6) is -0.823. The average molecular weight is 491 g/mol. The predicted octanol–water partition coefficient (Wildman–Crippen LogP) is 5.99. The van der Waals surface area contributed by atoms with E-state index >= 15 is 0 Å². The summed E-state index contributed by atoms with van der Waals surface area (Å²) in [5, 5.41) is 26.1. The van der Waals surface area contributed by atoms with Crippen molar-refractivity contribution in [2.75, 3.05) is 10.6 Å². The van der Waals surface area contributed by atoms with Crippen LogP contribution in [0.5, 0.6) is 11.5 Å². The highest BCUT2D eigenvalue weighted by Gasteiger charge is 2.09. The molecule has 2 amide bonds. The molecule has 184 valence electrons. The van der Waals surface area contributed by atoms with Crippen LogP contribution in [0.1, 0.15) is 22.3 Å². The Kier molecular flexibility index (Phi) is 8.14. The first-order valence-corrected chi connectivity index (χ1v) is 11.7. The molecule has 4 aromatic rings. The van der Waals surface area contributed by atoms with Gasteiger partial charge in [-0.1, -0.05) is 72.8 Å². The molecule has 0 fully saturated rings. The predicted molar refractivity (Wildman–Crippen MR) is 147 cm³/mol. The van der Waals surface area contributed by atoms with Crippen molar-refractivity contribution >= 4 is 35.3 Å². The summed E-state index contributed by atoms with van der Waals surface area (Å²) in [5.41, 5.74) is 3.98. The van der Waals surface area contributed by atoms with Crippen LogP contribution in [-0.2, 0) is 16.0 Å². The van der Waals surface area contributed by atoms with Gasteiger partial charge in [-0.15, -0.1) is 0 Å². The number of rotatable bonds is 8. The first-order chi connectivity index (χ1) is 18.0. The number of nitrogens with one attached hydrogen (secondary N) is 2. The summed E-state index contributed by atoms with van der Waals surface area (Å²) in [6.07, 6.45) is 6.63. The number of phenols is 2. The number of hydrogen-bond donors (Lipinski definition) is 4. The molecule has 0 saturated carbocycles. The lowest BCUT2D eigenvalue weighted by Gasteiger charge is -2.10. The van der Waals surface area contributed by atoms with Crippen LogP contribution in [0.15, 0.2) is 109 Å². The van der Waals surface area contributed by atoms with Crippen molar-refractivity contribution < 1.29 is 19.8 Å². The summed E-state index contributed by atoms with van der Waals surface area (Å²) in [6.45, 7) is 0. The Hall–Kier alpha value is -5.10. The van der Waals surface area contributed by atoms with Gasteiger partial charge in [-0.3, -0.25) is 9.59 Å². The molecule has 6 nitrogen and oxygen atoms in total. The van der Waals surface area contributed by atoms with E-state index in [0.29, 0.717) is 17.8 Å². The fourth-order valence-electron chi connectivity index (χ4n) is 3.64. The maximum Gasteiger partial charge on any atom is 0.248 e. The third-order valence-electron chi connectivity index (χ3n) is 5.50. The summed E-state index contributed by atoms with van der Waals surface area (Å²) in [7, 11) is 0. The Labute approximate surface area is 215 Å². The van der Waals surface area contributed by atoms with Gasteiger partial charge >= 0.3 is 0 Å². The maximum atomic E-state index is 12.2. The lowest BCUT2D eigenvalue weighted by molar-refractivity contribution is -0.112. The van der Waals surface area contributed by atoms with Crippen molar-refractivity contribution in [1.82, 2.24) is 0 Å². The zero-order valence-corrected chi connectivity index (χ0v) is 20.0. The topological polar surface area (TPSA) is 98.7 Å². The Bertz CT molecular complexity index is 1330. The van der Waals surface area contributed by atoms with Crippen molar-refractivity contribution in [1.29, 1.82) is 0 Å². The van der Waals surface area contributed by atoms with E-state index in [1.54, 1.807) is 48.6 Å². The van der Waals surface area contributed by atoms with E-state index in [4.69, 9.17) is 0 Å². The van der Waals surface area contributed by atoms with Gasteiger partial charge in [-0.05, 0) is 65.1 Å². The Morgan fingerprint density at radius 1 is 0.595 bits per heavy atom. The van der Waals surface area contributed by atoms with Crippen molar-refractivity contribution in [2.24, 2.45) is 0 Å². The van der Waals surface area contributed by atoms with Crippen molar-refractivity contribution in [2.45, 2.75) is 6.42 Å². The van der Waals surface area contributed by atoms with Gasteiger partial charge in [0.25, 0.3) is 0 Å². The van der Waals surface area contributed by atoms with Gasteiger partial charge in [0, 0.05) is 12.2 Å². The molecule has 0 saturated heterocycles. The van der Waals surface area contributed by atoms with Crippen molar-refractivity contribution in [3.05, 3.63) is 131 Å². The number of phenolic OH excluding ortho intramolecular Hbond substituents is 2. The van der Waals surface area contributed by atoms with E-state index in [0.717, 1.165) is 22.3 Å². The van der Waals surface area contributed by atoms with E-state index in [1.807, 2.05) is 60.7 Å². The maximum absolute atomic E-state index is 12.2. The van der Waals surface area contributed by atoms with Crippen LogP contribution in [-0.4, -0.2) is 22.0 Å². The van der Waals surface area contributed by atoms with E-state index in [-0.39, 0.29) is 23.3 Å². The molecule has 0 heterocycles. The van der Waals surface area contributed by atoms with Crippen LogP contribution in [0.25, 0.3) is 12.2 Å². The molecular weight excluding hydrogens is 464 g/mol. The highest BCUT2D eigenvalue weighted by Crippen LogP contribution is 2.28. The monoisotopic (exact) mass is 490 g/mol. The second kappa shape index (κ2) is 12.0. The third-order valence-corrected chi connectivity index (χ3v) is 5.50. The van der Waals surface area contributed by atoms with Gasteiger partial charge in [-0.2, -0.15) is 0 Å². The molecule has 0 spiro atoms. The van der Waals surface area contributed by atoms with E-state index in [1.165, 1.54) is 12.2 Å². The lowest BCUT2D eigenvalue weighted by atomic mass is 10.0. The molecule has 0 aliphatic heterocycles. The minimum atomic E-state index is -0.354. The van der Waals surface area contributed by atoms with Gasteiger partial charge in [0.05, 0.1) is 11.4 Å². The van der Waals surface area contributed by atoms with Gasteiger partial charge < -0.3 is 20.8 Å². The molecule has 37 heavy (non-hydrogen) atoms. The quantitative estimate of drug-likeness (QED) is 0.180. The molecule has 0 aliphatic carbocycles. The summed E-state index contributed by atoms with van der Waals surface area (Å²) in [6, 6.07) is 28.9. The van der Waals surface area contributed by atoms with Crippen LogP contribution in [0.2, 0.25) is 0 Å². The minimum Gasteiger partial charge on any atom is -0.506 e. The van der Waals surface area contributed by atoms with Gasteiger partial charge in [0.1, 0.15) is 11.5 Å². The molecule has 0 atom stereocenters. The average Bonchev–Trinajstić information content (AvgIpc) is 2.91. The lowest BCUT2D eigenvalue weighted by Crippen LogP contribution is -2.08. The van der Waals surface area contributed by atoms with Crippen LogP contribution in [0.3, 0.4) is 0 Å². The number of anilines is 2. The van der Waals surface area contributed by atoms with Crippen LogP contribution in [0.4, 0.5) is 11.4 Å². The van der Waals surface area contributed by atoms with E-state index in [9.17, 15) is 19.8 Å². The first-order valence-electron chi connectivity index (χ1n) is 11.7. The summed E-state index contributed by atoms with van der Waals surface area (Å²) in [4.78, 5) is 24.4. The second-order valence-electron chi connectivity index (χ2n) is 8.35. The second-order valence-corrected chi connectivity index (χ2v) is 8.35. The third kappa shape index (κ3) is 7.44. The van der Waals surface area contributed by atoms with Crippen LogP contribution in [0, 0.1) is 0 Å². The molecule has 0 bridgehead atoms. The molecule has 6 heteroatoms. The highest BCUT2D eigenvalue weighted by molar-refractivity contribution is 6.03. The molecule has 0 aromatic heterocycles. The number of carbonyl (C=O) groups excluding carboxylic acids is 2. The SMILES string of the molecule is O=C(/C=C\c1ccccc1)Nc1ccc(Cc2ccc(NC(=O)/C=C\c3ccccc3)c(O)c2)cc1O.